The van der Waals surface area contributed by atoms with E-state index in [1.807, 2.05) is 24.3 Å². The molecular weight excluding hydrogens is 238 g/mol. The average Bonchev–Trinajstić information content (AvgIpc) is 2.32. The molecule has 1 saturated heterocycles. The number of rotatable bonds is 3. The topological polar surface area (TPSA) is 55.4 Å². The lowest BCUT2D eigenvalue weighted by molar-refractivity contribution is 0.415. The van der Waals surface area contributed by atoms with E-state index in [0.717, 1.165) is 11.4 Å². The summed E-state index contributed by atoms with van der Waals surface area (Å²) in [5, 5.41) is 3.35. The lowest BCUT2D eigenvalue weighted by atomic mass is 10.1. The molecule has 5 heteroatoms. The van der Waals surface area contributed by atoms with Gasteiger partial charge in [0, 0.05) is 17.8 Å². The Kier molecular flexibility index (Phi) is 3.57. The van der Waals surface area contributed by atoms with E-state index in [4.69, 9.17) is 4.74 Å². The van der Waals surface area contributed by atoms with Gasteiger partial charge in [-0.25, -0.2) is 8.42 Å². The third kappa shape index (κ3) is 3.36. The summed E-state index contributed by atoms with van der Waals surface area (Å²) >= 11 is 0. The number of anilines is 1. The molecule has 1 heterocycles. The van der Waals surface area contributed by atoms with E-state index in [-0.39, 0.29) is 17.5 Å². The Labute approximate surface area is 102 Å². The molecule has 1 aromatic carbocycles. The zero-order valence-electron chi connectivity index (χ0n) is 9.85. The highest BCUT2D eigenvalue weighted by Gasteiger charge is 2.23. The first kappa shape index (κ1) is 12.2. The van der Waals surface area contributed by atoms with E-state index in [1.165, 1.54) is 0 Å². The van der Waals surface area contributed by atoms with Gasteiger partial charge < -0.3 is 10.1 Å². The number of hydrogen-bond donors (Lipinski definition) is 1. The second-order valence-electron chi connectivity index (χ2n) is 4.30. The number of nitrogens with one attached hydrogen (secondary N) is 1. The van der Waals surface area contributed by atoms with Crippen molar-refractivity contribution in [1.29, 1.82) is 0 Å². The lowest BCUT2D eigenvalue weighted by Gasteiger charge is -2.24. The Hall–Kier alpha value is -1.23. The molecule has 0 saturated carbocycles. The summed E-state index contributed by atoms with van der Waals surface area (Å²) < 4.78 is 27.7. The number of ether oxygens (including phenoxy) is 1. The van der Waals surface area contributed by atoms with E-state index in [2.05, 4.69) is 5.32 Å². The number of benzene rings is 1. The third-order valence-corrected chi connectivity index (χ3v) is 4.71. The second kappa shape index (κ2) is 4.96. The van der Waals surface area contributed by atoms with Crippen LogP contribution in [0.1, 0.15) is 12.8 Å². The summed E-state index contributed by atoms with van der Waals surface area (Å²) in [6, 6.07) is 7.93. The molecule has 0 radical (unpaired) electrons. The van der Waals surface area contributed by atoms with Crippen LogP contribution < -0.4 is 10.1 Å². The summed E-state index contributed by atoms with van der Waals surface area (Å²) in [4.78, 5) is 0. The molecule has 0 atom stereocenters. The van der Waals surface area contributed by atoms with Crippen LogP contribution in [0.5, 0.6) is 5.75 Å². The van der Waals surface area contributed by atoms with Gasteiger partial charge in [-0.3, -0.25) is 0 Å². The van der Waals surface area contributed by atoms with Crippen molar-refractivity contribution in [2.45, 2.75) is 18.9 Å². The summed E-state index contributed by atoms with van der Waals surface area (Å²) in [6.07, 6.45) is 1.36. The highest BCUT2D eigenvalue weighted by Crippen LogP contribution is 2.21. The van der Waals surface area contributed by atoms with Gasteiger partial charge in [0.1, 0.15) is 15.6 Å². The monoisotopic (exact) mass is 255 g/mol. The van der Waals surface area contributed by atoms with Gasteiger partial charge in [-0.15, -0.1) is 0 Å². The first-order valence-corrected chi connectivity index (χ1v) is 7.52. The average molecular weight is 255 g/mol. The zero-order chi connectivity index (χ0) is 12.3. The summed E-state index contributed by atoms with van der Waals surface area (Å²) in [5.74, 6) is 1.38. The number of sulfone groups is 1. The molecule has 1 aromatic rings. The molecule has 4 nitrogen and oxygen atoms in total. The minimum atomic E-state index is -2.79. The fourth-order valence-corrected chi connectivity index (χ4v) is 3.47. The van der Waals surface area contributed by atoms with Crippen LogP contribution in [-0.2, 0) is 9.84 Å². The highest BCUT2D eigenvalue weighted by atomic mass is 32.2. The molecule has 94 valence electrons. The van der Waals surface area contributed by atoms with E-state index in [1.54, 1.807) is 7.11 Å². The maximum absolute atomic E-state index is 11.3. The highest BCUT2D eigenvalue weighted by molar-refractivity contribution is 7.91. The van der Waals surface area contributed by atoms with Crippen LogP contribution in [0.25, 0.3) is 0 Å². The van der Waals surface area contributed by atoms with E-state index < -0.39 is 9.84 Å². The van der Waals surface area contributed by atoms with Gasteiger partial charge in [-0.05, 0) is 25.0 Å². The Balaban J connectivity index is 1.97. The molecule has 1 fully saturated rings. The molecule has 0 amide bonds. The molecule has 17 heavy (non-hydrogen) atoms. The van der Waals surface area contributed by atoms with Crippen molar-refractivity contribution in [3.8, 4) is 5.75 Å². The van der Waals surface area contributed by atoms with E-state index in [0.29, 0.717) is 12.8 Å². The first-order valence-electron chi connectivity index (χ1n) is 5.70. The van der Waals surface area contributed by atoms with Crippen LogP contribution >= 0.6 is 0 Å². The number of methoxy groups -OCH3 is 1. The summed E-state index contributed by atoms with van der Waals surface area (Å²) in [5.41, 5.74) is 0.980. The van der Waals surface area contributed by atoms with Crippen molar-refractivity contribution in [2.24, 2.45) is 0 Å². The van der Waals surface area contributed by atoms with Crippen molar-refractivity contribution < 1.29 is 13.2 Å². The molecule has 0 aromatic heterocycles. The predicted octanol–water partition coefficient (Wildman–Crippen LogP) is 1.68. The molecule has 0 bridgehead atoms. The Morgan fingerprint density at radius 2 is 2.00 bits per heavy atom. The van der Waals surface area contributed by atoms with Gasteiger partial charge in [0.25, 0.3) is 0 Å². The third-order valence-electron chi connectivity index (χ3n) is 3.00. The van der Waals surface area contributed by atoms with Gasteiger partial charge in [0.2, 0.25) is 0 Å². The van der Waals surface area contributed by atoms with Crippen molar-refractivity contribution in [2.75, 3.05) is 23.9 Å². The van der Waals surface area contributed by atoms with Crippen LogP contribution in [0.15, 0.2) is 24.3 Å². The molecule has 0 aliphatic carbocycles. The van der Waals surface area contributed by atoms with Crippen LogP contribution in [0.3, 0.4) is 0 Å². The molecule has 1 aliphatic heterocycles. The normalized spacial score (nSPS) is 19.8. The number of hydrogen-bond acceptors (Lipinski definition) is 4. The quantitative estimate of drug-likeness (QED) is 0.893. The predicted molar refractivity (Wildman–Crippen MR) is 68.3 cm³/mol. The van der Waals surface area contributed by atoms with Gasteiger partial charge >= 0.3 is 0 Å². The maximum Gasteiger partial charge on any atom is 0.150 e. The fraction of sp³-hybridized carbons (Fsp3) is 0.500. The van der Waals surface area contributed by atoms with Gasteiger partial charge in [-0.2, -0.15) is 0 Å². The minimum absolute atomic E-state index is 0.241. The lowest BCUT2D eigenvalue weighted by Crippen LogP contribution is -2.32. The van der Waals surface area contributed by atoms with Crippen LogP contribution in [0.4, 0.5) is 5.69 Å². The smallest absolute Gasteiger partial charge is 0.150 e. The van der Waals surface area contributed by atoms with Crippen molar-refractivity contribution in [3.05, 3.63) is 24.3 Å². The Morgan fingerprint density at radius 1 is 1.29 bits per heavy atom. The van der Waals surface area contributed by atoms with Crippen LogP contribution in [0, 0.1) is 0 Å². The summed E-state index contributed by atoms with van der Waals surface area (Å²) in [6.45, 7) is 0. The minimum Gasteiger partial charge on any atom is -0.497 e. The molecule has 2 rings (SSSR count). The molecule has 1 aliphatic rings. The van der Waals surface area contributed by atoms with Gasteiger partial charge in [0.05, 0.1) is 18.6 Å². The van der Waals surface area contributed by atoms with Gasteiger partial charge in [-0.1, -0.05) is 6.07 Å². The zero-order valence-corrected chi connectivity index (χ0v) is 10.7. The largest absolute Gasteiger partial charge is 0.497 e. The van der Waals surface area contributed by atoms with E-state index in [9.17, 15) is 8.42 Å². The standard InChI is InChI=1S/C12H17NO3S/c1-16-12-4-2-3-11(9-12)13-10-5-7-17(14,15)8-6-10/h2-4,9-10,13H,5-8H2,1H3. The first-order chi connectivity index (χ1) is 8.09. The molecular formula is C12H17NO3S. The fourth-order valence-electron chi connectivity index (χ4n) is 1.98. The molecule has 1 N–H and O–H groups in total. The SMILES string of the molecule is COc1cccc(NC2CCS(=O)(=O)CC2)c1. The van der Waals surface area contributed by atoms with Gasteiger partial charge in [0.15, 0.2) is 0 Å². The second-order valence-corrected chi connectivity index (χ2v) is 6.61. The van der Waals surface area contributed by atoms with Crippen molar-refractivity contribution >= 4 is 15.5 Å². The molecule has 0 unspecified atom stereocenters. The summed E-state index contributed by atoms with van der Waals surface area (Å²) in [7, 11) is -1.15. The van der Waals surface area contributed by atoms with Crippen molar-refractivity contribution in [3.63, 3.8) is 0 Å². The van der Waals surface area contributed by atoms with Crippen molar-refractivity contribution in [1.82, 2.24) is 0 Å². The van der Waals surface area contributed by atoms with Crippen LogP contribution in [-0.4, -0.2) is 33.1 Å². The molecule has 0 spiro atoms. The Morgan fingerprint density at radius 3 is 2.65 bits per heavy atom. The van der Waals surface area contributed by atoms with Crippen LogP contribution in [0.2, 0.25) is 0 Å². The Bertz CT molecular complexity index is 470. The maximum atomic E-state index is 11.3. The van der Waals surface area contributed by atoms with E-state index >= 15 is 0 Å².